The first-order chi connectivity index (χ1) is 5.59. The molecule has 0 aliphatic carbocycles. The Labute approximate surface area is 74.4 Å². The van der Waals surface area contributed by atoms with Crippen molar-refractivity contribution in [3.8, 4) is 0 Å². The minimum atomic E-state index is -0.101. The Morgan fingerprint density at radius 1 is 1.58 bits per heavy atom. The van der Waals surface area contributed by atoms with Crippen LogP contribution in [0.25, 0.3) is 0 Å². The maximum absolute atomic E-state index is 11.3. The number of carbonyl (C=O) groups is 1. The SMILES string of the molecule is C/C=C/CNC(C)C(=O)N(C)C. The zero-order valence-electron chi connectivity index (χ0n) is 8.29. The van der Waals surface area contributed by atoms with Gasteiger partial charge in [0.05, 0.1) is 6.04 Å². The third-order valence-electron chi connectivity index (χ3n) is 1.59. The number of nitrogens with one attached hydrogen (secondary N) is 1. The molecule has 0 bridgehead atoms. The number of amides is 1. The monoisotopic (exact) mass is 170 g/mol. The van der Waals surface area contributed by atoms with Gasteiger partial charge in [-0.1, -0.05) is 12.2 Å². The Kier molecular flexibility index (Phi) is 5.37. The molecule has 12 heavy (non-hydrogen) atoms. The van der Waals surface area contributed by atoms with Gasteiger partial charge in [0.1, 0.15) is 0 Å². The molecule has 0 saturated carbocycles. The van der Waals surface area contributed by atoms with Gasteiger partial charge >= 0.3 is 0 Å². The fourth-order valence-electron chi connectivity index (χ4n) is 0.837. The van der Waals surface area contributed by atoms with Crippen LogP contribution >= 0.6 is 0 Å². The molecule has 3 nitrogen and oxygen atoms in total. The molecule has 1 unspecified atom stereocenters. The smallest absolute Gasteiger partial charge is 0.238 e. The first kappa shape index (κ1) is 11.2. The van der Waals surface area contributed by atoms with Gasteiger partial charge in [0.2, 0.25) is 5.91 Å². The molecule has 1 amide bonds. The molecule has 0 heterocycles. The van der Waals surface area contributed by atoms with E-state index < -0.39 is 0 Å². The summed E-state index contributed by atoms with van der Waals surface area (Å²) in [5, 5.41) is 3.09. The van der Waals surface area contributed by atoms with Gasteiger partial charge in [-0.3, -0.25) is 4.79 Å². The van der Waals surface area contributed by atoms with Crippen molar-refractivity contribution in [2.45, 2.75) is 19.9 Å². The topological polar surface area (TPSA) is 32.3 Å². The Balaban J connectivity index is 3.71. The molecule has 0 aliphatic rings. The van der Waals surface area contributed by atoms with E-state index in [2.05, 4.69) is 5.32 Å². The average molecular weight is 170 g/mol. The van der Waals surface area contributed by atoms with E-state index in [1.54, 1.807) is 19.0 Å². The van der Waals surface area contributed by atoms with Crippen LogP contribution in [0.15, 0.2) is 12.2 Å². The molecule has 3 heteroatoms. The summed E-state index contributed by atoms with van der Waals surface area (Å²) in [7, 11) is 3.52. The molecule has 1 N–H and O–H groups in total. The standard InChI is InChI=1S/C9H18N2O/c1-5-6-7-10-8(2)9(12)11(3)4/h5-6,8,10H,7H2,1-4H3/b6-5+. The molecular formula is C9H18N2O. The molecule has 1 atom stereocenters. The third kappa shape index (κ3) is 4.13. The second-order valence-corrected chi connectivity index (χ2v) is 2.93. The van der Waals surface area contributed by atoms with E-state index in [-0.39, 0.29) is 11.9 Å². The van der Waals surface area contributed by atoms with Crippen molar-refractivity contribution in [1.82, 2.24) is 10.2 Å². The molecule has 0 aromatic carbocycles. The Morgan fingerprint density at radius 2 is 2.17 bits per heavy atom. The van der Waals surface area contributed by atoms with Gasteiger partial charge in [-0.2, -0.15) is 0 Å². The van der Waals surface area contributed by atoms with Gasteiger partial charge < -0.3 is 10.2 Å². The second kappa shape index (κ2) is 5.77. The number of nitrogens with zero attached hydrogens (tertiary/aromatic N) is 1. The van der Waals surface area contributed by atoms with Crippen molar-refractivity contribution in [2.24, 2.45) is 0 Å². The number of likely N-dealkylation sites (N-methyl/N-ethyl adjacent to an activating group) is 1. The van der Waals surface area contributed by atoms with Crippen molar-refractivity contribution in [3.05, 3.63) is 12.2 Å². The van der Waals surface area contributed by atoms with Gasteiger partial charge in [-0.25, -0.2) is 0 Å². The van der Waals surface area contributed by atoms with Crippen molar-refractivity contribution < 1.29 is 4.79 Å². The zero-order chi connectivity index (χ0) is 9.56. The normalized spacial score (nSPS) is 13.3. The van der Waals surface area contributed by atoms with Gasteiger partial charge in [0.15, 0.2) is 0 Å². The molecule has 0 rings (SSSR count). The highest BCUT2D eigenvalue weighted by Gasteiger charge is 2.12. The second-order valence-electron chi connectivity index (χ2n) is 2.93. The Hall–Kier alpha value is -0.830. The van der Waals surface area contributed by atoms with Crippen LogP contribution in [-0.4, -0.2) is 37.5 Å². The fourth-order valence-corrected chi connectivity index (χ4v) is 0.837. The lowest BCUT2D eigenvalue weighted by molar-refractivity contribution is -0.130. The van der Waals surface area contributed by atoms with Gasteiger partial charge in [0, 0.05) is 20.6 Å². The number of carbonyl (C=O) groups excluding carboxylic acids is 1. The summed E-state index contributed by atoms with van der Waals surface area (Å²) in [5.74, 6) is 0.111. The van der Waals surface area contributed by atoms with Crippen molar-refractivity contribution in [1.29, 1.82) is 0 Å². The lowest BCUT2D eigenvalue weighted by Gasteiger charge is -2.16. The highest BCUT2D eigenvalue weighted by atomic mass is 16.2. The summed E-state index contributed by atoms with van der Waals surface area (Å²) in [6.07, 6.45) is 3.94. The lowest BCUT2D eigenvalue weighted by Crippen LogP contribution is -2.41. The van der Waals surface area contributed by atoms with Crippen molar-refractivity contribution in [2.75, 3.05) is 20.6 Å². The summed E-state index contributed by atoms with van der Waals surface area (Å²) in [6, 6.07) is -0.101. The van der Waals surface area contributed by atoms with E-state index in [0.717, 1.165) is 6.54 Å². The minimum absolute atomic E-state index is 0.101. The van der Waals surface area contributed by atoms with E-state index in [1.165, 1.54) is 0 Å². The molecule has 0 radical (unpaired) electrons. The molecule has 0 aromatic heterocycles. The summed E-state index contributed by atoms with van der Waals surface area (Å²) in [5.41, 5.74) is 0. The quantitative estimate of drug-likeness (QED) is 0.628. The summed E-state index contributed by atoms with van der Waals surface area (Å²) in [6.45, 7) is 4.57. The molecular weight excluding hydrogens is 152 g/mol. The zero-order valence-corrected chi connectivity index (χ0v) is 8.29. The van der Waals surface area contributed by atoms with Crippen molar-refractivity contribution >= 4 is 5.91 Å². The first-order valence-electron chi connectivity index (χ1n) is 4.15. The van der Waals surface area contributed by atoms with Gasteiger partial charge in [0.25, 0.3) is 0 Å². The van der Waals surface area contributed by atoms with Gasteiger partial charge in [-0.15, -0.1) is 0 Å². The number of hydrogen-bond donors (Lipinski definition) is 1. The van der Waals surface area contributed by atoms with Crippen LogP contribution in [0.4, 0.5) is 0 Å². The van der Waals surface area contributed by atoms with Crippen LogP contribution < -0.4 is 5.32 Å². The average Bonchev–Trinajstić information content (AvgIpc) is 2.03. The summed E-state index contributed by atoms with van der Waals surface area (Å²) in [4.78, 5) is 12.9. The predicted molar refractivity (Wildman–Crippen MR) is 51.0 cm³/mol. The van der Waals surface area contributed by atoms with E-state index in [9.17, 15) is 4.79 Å². The largest absolute Gasteiger partial charge is 0.347 e. The number of hydrogen-bond acceptors (Lipinski definition) is 2. The Bertz CT molecular complexity index is 164. The highest BCUT2D eigenvalue weighted by molar-refractivity contribution is 5.80. The third-order valence-corrected chi connectivity index (χ3v) is 1.59. The maximum Gasteiger partial charge on any atom is 0.238 e. The number of rotatable bonds is 4. The fraction of sp³-hybridized carbons (Fsp3) is 0.667. The minimum Gasteiger partial charge on any atom is -0.347 e. The Morgan fingerprint density at radius 3 is 2.58 bits per heavy atom. The van der Waals surface area contributed by atoms with Crippen LogP contribution in [0.3, 0.4) is 0 Å². The van der Waals surface area contributed by atoms with Gasteiger partial charge in [-0.05, 0) is 13.8 Å². The first-order valence-corrected chi connectivity index (χ1v) is 4.15. The predicted octanol–water partition coefficient (Wildman–Crippen LogP) is 0.629. The molecule has 0 aromatic rings. The van der Waals surface area contributed by atoms with Crippen LogP contribution in [-0.2, 0) is 4.79 Å². The van der Waals surface area contributed by atoms with Crippen LogP contribution in [0, 0.1) is 0 Å². The van der Waals surface area contributed by atoms with E-state index >= 15 is 0 Å². The lowest BCUT2D eigenvalue weighted by atomic mass is 10.3. The summed E-state index contributed by atoms with van der Waals surface area (Å²) < 4.78 is 0. The van der Waals surface area contributed by atoms with Crippen molar-refractivity contribution in [3.63, 3.8) is 0 Å². The number of allylic oxidation sites excluding steroid dienone is 1. The highest BCUT2D eigenvalue weighted by Crippen LogP contribution is 1.87. The van der Waals surface area contributed by atoms with E-state index in [4.69, 9.17) is 0 Å². The molecule has 0 spiro atoms. The molecule has 0 aliphatic heterocycles. The molecule has 0 saturated heterocycles. The van der Waals surface area contributed by atoms with Crippen LogP contribution in [0.5, 0.6) is 0 Å². The maximum atomic E-state index is 11.3. The van der Waals surface area contributed by atoms with Crippen LogP contribution in [0.2, 0.25) is 0 Å². The molecule has 70 valence electrons. The summed E-state index contributed by atoms with van der Waals surface area (Å²) >= 11 is 0. The van der Waals surface area contributed by atoms with Crippen LogP contribution in [0.1, 0.15) is 13.8 Å². The molecule has 0 fully saturated rings. The van der Waals surface area contributed by atoms with E-state index in [0.29, 0.717) is 0 Å². The van der Waals surface area contributed by atoms with E-state index in [1.807, 2.05) is 26.0 Å².